The molecule has 0 saturated carbocycles. The Balaban J connectivity index is 1.70. The Kier molecular flexibility index (Phi) is 4.85. The van der Waals surface area contributed by atoms with Crippen LogP contribution in [-0.2, 0) is 22.9 Å². The van der Waals surface area contributed by atoms with Crippen LogP contribution in [0.15, 0.2) is 51.9 Å². The summed E-state index contributed by atoms with van der Waals surface area (Å²) in [5.41, 5.74) is 4.41. The Bertz CT molecular complexity index is 1120. The largest absolute Gasteiger partial charge is 0.495 e. The highest BCUT2D eigenvalue weighted by Crippen LogP contribution is 2.33. The average Bonchev–Trinajstić information content (AvgIpc) is 3.14. The molecule has 2 aromatic carbocycles. The maximum absolute atomic E-state index is 13.1. The molecular weight excluding hydrogens is 376 g/mol. The molecule has 1 heterocycles. The Labute approximate surface area is 164 Å². The van der Waals surface area contributed by atoms with Gasteiger partial charge in [0.05, 0.1) is 18.5 Å². The zero-order chi connectivity index (χ0) is 19.7. The van der Waals surface area contributed by atoms with Gasteiger partial charge in [-0.05, 0) is 68.0 Å². The molecule has 0 saturated heterocycles. The summed E-state index contributed by atoms with van der Waals surface area (Å²) in [5, 5.41) is 3.87. The maximum Gasteiger partial charge on any atom is 0.265 e. The second-order valence-corrected chi connectivity index (χ2v) is 8.60. The van der Waals surface area contributed by atoms with Crippen LogP contribution in [0.1, 0.15) is 29.7 Å². The first kappa shape index (κ1) is 18.6. The van der Waals surface area contributed by atoms with Crippen molar-refractivity contribution in [2.24, 2.45) is 0 Å². The van der Waals surface area contributed by atoms with E-state index in [0.29, 0.717) is 17.0 Å². The molecule has 28 heavy (non-hydrogen) atoms. The summed E-state index contributed by atoms with van der Waals surface area (Å²) < 4.78 is 39.6. The first-order chi connectivity index (χ1) is 13.5. The zero-order valence-corrected chi connectivity index (χ0v) is 16.7. The van der Waals surface area contributed by atoms with Gasteiger partial charge in [-0.25, -0.2) is 8.42 Å². The third kappa shape index (κ3) is 3.49. The van der Waals surface area contributed by atoms with E-state index in [9.17, 15) is 8.42 Å². The predicted octanol–water partition coefficient (Wildman–Crippen LogP) is 4.34. The van der Waals surface area contributed by atoms with Crippen molar-refractivity contribution in [1.29, 1.82) is 0 Å². The van der Waals surface area contributed by atoms with E-state index in [0.717, 1.165) is 36.9 Å². The Hall–Kier alpha value is -2.80. The third-order valence-corrected chi connectivity index (χ3v) is 6.41. The van der Waals surface area contributed by atoms with Gasteiger partial charge in [-0.3, -0.25) is 4.72 Å². The molecule has 0 spiro atoms. The average molecular weight is 398 g/mol. The van der Waals surface area contributed by atoms with Gasteiger partial charge < -0.3 is 9.26 Å². The number of hydrogen-bond donors (Lipinski definition) is 1. The maximum atomic E-state index is 13.1. The van der Waals surface area contributed by atoms with Crippen LogP contribution >= 0.6 is 0 Å². The van der Waals surface area contributed by atoms with E-state index >= 15 is 0 Å². The molecular formula is C21H22N2O4S. The molecule has 1 aliphatic carbocycles. The van der Waals surface area contributed by atoms with Crippen molar-refractivity contribution in [3.8, 4) is 17.1 Å². The zero-order valence-electron chi connectivity index (χ0n) is 15.9. The highest BCUT2D eigenvalue weighted by Gasteiger charge is 2.23. The summed E-state index contributed by atoms with van der Waals surface area (Å²) in [6.45, 7) is 1.83. The molecule has 1 aromatic heterocycles. The summed E-state index contributed by atoms with van der Waals surface area (Å²) in [5.74, 6) is 0.814. The molecule has 146 valence electrons. The van der Waals surface area contributed by atoms with Crippen LogP contribution in [0.4, 0.5) is 5.69 Å². The minimum Gasteiger partial charge on any atom is -0.495 e. The van der Waals surface area contributed by atoms with Crippen LogP contribution in [-0.4, -0.2) is 20.7 Å². The Morgan fingerprint density at radius 2 is 1.93 bits per heavy atom. The SMILES string of the molecule is COc1cc(-c2cc(C)no2)ccc1S(=O)(=O)Nc1cccc2c1CCCC2. The fourth-order valence-electron chi connectivity index (χ4n) is 3.62. The molecule has 7 heteroatoms. The number of nitrogens with one attached hydrogen (secondary N) is 1. The normalized spacial score (nSPS) is 13.8. The summed E-state index contributed by atoms with van der Waals surface area (Å²) in [6.07, 6.45) is 4.08. The lowest BCUT2D eigenvalue weighted by atomic mass is 9.91. The number of aromatic nitrogens is 1. The van der Waals surface area contributed by atoms with Gasteiger partial charge in [-0.2, -0.15) is 0 Å². The van der Waals surface area contributed by atoms with Gasteiger partial charge in [-0.1, -0.05) is 17.3 Å². The smallest absolute Gasteiger partial charge is 0.265 e. The van der Waals surface area contributed by atoms with Crippen LogP contribution in [0.2, 0.25) is 0 Å². The van der Waals surface area contributed by atoms with Crippen LogP contribution in [0.3, 0.4) is 0 Å². The number of benzene rings is 2. The van der Waals surface area contributed by atoms with E-state index in [2.05, 4.69) is 15.9 Å². The number of rotatable bonds is 5. The van der Waals surface area contributed by atoms with Gasteiger partial charge in [0.1, 0.15) is 10.6 Å². The summed E-state index contributed by atoms with van der Waals surface area (Å²) in [7, 11) is -2.35. The van der Waals surface area contributed by atoms with Crippen molar-refractivity contribution in [3.63, 3.8) is 0 Å². The lowest BCUT2D eigenvalue weighted by Gasteiger charge is -2.20. The van der Waals surface area contributed by atoms with E-state index in [1.54, 1.807) is 18.2 Å². The molecule has 0 radical (unpaired) electrons. The summed E-state index contributed by atoms with van der Waals surface area (Å²) in [4.78, 5) is 0.0865. The summed E-state index contributed by atoms with van der Waals surface area (Å²) >= 11 is 0. The molecule has 0 atom stereocenters. The van der Waals surface area contributed by atoms with E-state index in [-0.39, 0.29) is 10.6 Å². The van der Waals surface area contributed by atoms with E-state index < -0.39 is 10.0 Å². The predicted molar refractivity (Wildman–Crippen MR) is 107 cm³/mol. The van der Waals surface area contributed by atoms with Crippen molar-refractivity contribution in [3.05, 3.63) is 59.3 Å². The molecule has 6 nitrogen and oxygen atoms in total. The lowest BCUT2D eigenvalue weighted by Crippen LogP contribution is -2.17. The number of nitrogens with zero attached hydrogens (tertiary/aromatic N) is 1. The van der Waals surface area contributed by atoms with Crippen LogP contribution in [0.25, 0.3) is 11.3 Å². The molecule has 4 rings (SSSR count). The fraction of sp³-hybridized carbons (Fsp3) is 0.286. The highest BCUT2D eigenvalue weighted by atomic mass is 32.2. The molecule has 0 aliphatic heterocycles. The first-order valence-corrected chi connectivity index (χ1v) is 10.7. The van der Waals surface area contributed by atoms with Crippen LogP contribution < -0.4 is 9.46 Å². The van der Waals surface area contributed by atoms with E-state index in [4.69, 9.17) is 9.26 Å². The number of ether oxygens (including phenoxy) is 1. The molecule has 1 N–H and O–H groups in total. The van der Waals surface area contributed by atoms with E-state index in [1.807, 2.05) is 19.1 Å². The van der Waals surface area contributed by atoms with Crippen molar-refractivity contribution in [1.82, 2.24) is 5.16 Å². The molecule has 1 aliphatic rings. The monoisotopic (exact) mass is 398 g/mol. The Morgan fingerprint density at radius 3 is 2.68 bits per heavy atom. The lowest BCUT2D eigenvalue weighted by molar-refractivity contribution is 0.402. The third-order valence-electron chi connectivity index (χ3n) is 5.01. The molecule has 0 unspecified atom stereocenters. The van der Waals surface area contributed by atoms with Crippen molar-refractivity contribution in [2.75, 3.05) is 11.8 Å². The topological polar surface area (TPSA) is 81.4 Å². The number of methoxy groups -OCH3 is 1. The van der Waals surface area contributed by atoms with Crippen molar-refractivity contribution >= 4 is 15.7 Å². The first-order valence-electron chi connectivity index (χ1n) is 9.23. The number of sulfonamides is 1. The minimum absolute atomic E-state index is 0.0865. The van der Waals surface area contributed by atoms with Gasteiger partial charge in [0.25, 0.3) is 10.0 Å². The minimum atomic E-state index is -3.80. The number of aryl methyl sites for hydroxylation is 2. The van der Waals surface area contributed by atoms with Crippen molar-refractivity contribution < 1.29 is 17.7 Å². The molecule has 0 amide bonds. The Morgan fingerprint density at radius 1 is 1.11 bits per heavy atom. The number of fused-ring (bicyclic) bond motifs is 1. The standard InChI is InChI=1S/C21H22N2O4S/c1-14-12-19(27-22-14)16-10-11-21(20(13-16)26-2)28(24,25)23-18-9-5-7-15-6-3-4-8-17(15)18/h5,7,9-13,23H,3-4,6,8H2,1-2H3. The quantitative estimate of drug-likeness (QED) is 0.691. The van der Waals surface area contributed by atoms with Gasteiger partial charge in [0, 0.05) is 11.6 Å². The van der Waals surface area contributed by atoms with E-state index in [1.165, 1.54) is 18.7 Å². The van der Waals surface area contributed by atoms with Crippen LogP contribution in [0.5, 0.6) is 5.75 Å². The number of anilines is 1. The van der Waals surface area contributed by atoms with Gasteiger partial charge in [0.15, 0.2) is 5.76 Å². The number of hydrogen-bond acceptors (Lipinski definition) is 5. The highest BCUT2D eigenvalue weighted by molar-refractivity contribution is 7.92. The van der Waals surface area contributed by atoms with Crippen LogP contribution in [0, 0.1) is 6.92 Å². The van der Waals surface area contributed by atoms with Gasteiger partial charge >= 0.3 is 0 Å². The van der Waals surface area contributed by atoms with Gasteiger partial charge in [-0.15, -0.1) is 0 Å². The van der Waals surface area contributed by atoms with Crippen molar-refractivity contribution in [2.45, 2.75) is 37.5 Å². The molecule has 3 aromatic rings. The van der Waals surface area contributed by atoms with Gasteiger partial charge in [0.2, 0.25) is 0 Å². The molecule has 0 fully saturated rings. The second kappa shape index (κ2) is 7.31. The summed E-state index contributed by atoms with van der Waals surface area (Å²) in [6, 6.07) is 12.4. The fourth-order valence-corrected chi connectivity index (χ4v) is 4.86. The molecule has 0 bridgehead atoms. The second-order valence-electron chi connectivity index (χ2n) is 6.95.